The molecule has 26 heavy (non-hydrogen) atoms. The van der Waals surface area contributed by atoms with Crippen LogP contribution in [-0.2, 0) is 6.42 Å². The number of carbonyl (C=O) groups excluding carboxylic acids is 1. The van der Waals surface area contributed by atoms with E-state index in [1.807, 2.05) is 35.7 Å². The van der Waals surface area contributed by atoms with Crippen molar-refractivity contribution in [3.05, 3.63) is 69.0 Å². The van der Waals surface area contributed by atoms with E-state index < -0.39 is 17.2 Å². The molecule has 0 saturated carbocycles. The lowest BCUT2D eigenvalue weighted by Gasteiger charge is -2.14. The molecule has 2 heterocycles. The molecule has 1 atom stereocenters. The molecule has 0 spiro atoms. The third kappa shape index (κ3) is 3.13. The van der Waals surface area contributed by atoms with Gasteiger partial charge in [-0.05, 0) is 35.4 Å². The van der Waals surface area contributed by atoms with Crippen LogP contribution in [0.5, 0.6) is 5.75 Å². The number of thiophene rings is 1. The second-order valence-electron chi connectivity index (χ2n) is 5.85. The highest BCUT2D eigenvalue weighted by molar-refractivity contribution is 7.13. The predicted molar refractivity (Wildman–Crippen MR) is 102 cm³/mol. The molecule has 1 aromatic carbocycles. The lowest BCUT2D eigenvalue weighted by molar-refractivity contribution is 0.0928. The molecule has 0 unspecified atom stereocenters. The van der Waals surface area contributed by atoms with Crippen molar-refractivity contribution >= 4 is 17.2 Å². The van der Waals surface area contributed by atoms with Gasteiger partial charge in [0.1, 0.15) is 0 Å². The second-order valence-corrected chi connectivity index (χ2v) is 6.80. The van der Waals surface area contributed by atoms with Crippen molar-refractivity contribution in [2.45, 2.75) is 26.3 Å². The van der Waals surface area contributed by atoms with Gasteiger partial charge < -0.3 is 15.4 Å². The Morgan fingerprint density at radius 3 is 2.85 bits per heavy atom. The molecular formula is C19H19N3O3S. The lowest BCUT2D eigenvalue weighted by Crippen LogP contribution is -2.29. The minimum atomic E-state index is -0.727. The van der Waals surface area contributed by atoms with Gasteiger partial charge in [-0.25, -0.2) is 4.98 Å². The summed E-state index contributed by atoms with van der Waals surface area (Å²) in [6.45, 7) is 0. The molecule has 3 aromatic rings. The summed E-state index contributed by atoms with van der Waals surface area (Å²) in [5.74, 6) is -0.943. The first-order chi connectivity index (χ1) is 12.1. The van der Waals surface area contributed by atoms with Crippen LogP contribution in [0.4, 0.5) is 0 Å². The van der Waals surface area contributed by atoms with Crippen molar-refractivity contribution in [3.63, 3.8) is 0 Å². The van der Waals surface area contributed by atoms with Gasteiger partial charge in [-0.15, -0.1) is 11.3 Å². The maximum atomic E-state index is 12.6. The first kappa shape index (κ1) is 17.9. The predicted octanol–water partition coefficient (Wildman–Crippen LogP) is 3.26. The van der Waals surface area contributed by atoms with Crippen molar-refractivity contribution in [1.29, 1.82) is 0 Å². The van der Waals surface area contributed by atoms with E-state index in [9.17, 15) is 14.7 Å². The quantitative estimate of drug-likeness (QED) is 0.660. The van der Waals surface area contributed by atoms with Gasteiger partial charge in [0, 0.05) is 0 Å². The zero-order valence-corrected chi connectivity index (χ0v) is 14.0. The van der Waals surface area contributed by atoms with E-state index in [4.69, 9.17) is 0 Å². The van der Waals surface area contributed by atoms with E-state index in [0.717, 1.165) is 23.3 Å². The molecule has 1 amide bonds. The van der Waals surface area contributed by atoms with Crippen LogP contribution >= 0.6 is 11.3 Å². The van der Waals surface area contributed by atoms with Crippen LogP contribution in [0.1, 0.15) is 41.5 Å². The van der Waals surface area contributed by atoms with E-state index in [1.165, 1.54) is 16.9 Å². The summed E-state index contributed by atoms with van der Waals surface area (Å²) in [6, 6.07) is 11.4. The van der Waals surface area contributed by atoms with Crippen LogP contribution in [0.2, 0.25) is 0 Å². The fourth-order valence-electron chi connectivity index (χ4n) is 3.09. The van der Waals surface area contributed by atoms with Crippen molar-refractivity contribution in [1.82, 2.24) is 15.3 Å². The number of amides is 1. The average molecular weight is 369 g/mol. The summed E-state index contributed by atoms with van der Waals surface area (Å²) in [4.78, 5) is 32.0. The number of benzene rings is 1. The van der Waals surface area contributed by atoms with Crippen LogP contribution in [-0.4, -0.2) is 21.0 Å². The van der Waals surface area contributed by atoms with Crippen LogP contribution in [0, 0.1) is 0 Å². The topological polar surface area (TPSA) is 95.1 Å². The maximum absolute atomic E-state index is 12.6. The van der Waals surface area contributed by atoms with Gasteiger partial charge in [0.25, 0.3) is 11.5 Å². The smallest absolute Gasteiger partial charge is 0.294 e. The van der Waals surface area contributed by atoms with Gasteiger partial charge in [0.2, 0.25) is 5.75 Å². The van der Waals surface area contributed by atoms with E-state index in [2.05, 4.69) is 15.3 Å². The zero-order chi connectivity index (χ0) is 17.4. The van der Waals surface area contributed by atoms with E-state index in [1.54, 1.807) is 6.07 Å². The highest BCUT2D eigenvalue weighted by Crippen LogP contribution is 2.31. The molecule has 3 N–H and O–H groups in total. The summed E-state index contributed by atoms with van der Waals surface area (Å²) in [5.41, 5.74) is 1.29. The fraction of sp³-hybridized carbons (Fsp3) is 0.211. The van der Waals surface area contributed by atoms with Crippen molar-refractivity contribution in [3.8, 4) is 16.5 Å². The number of aryl methyl sites for hydroxylation is 1. The summed E-state index contributed by atoms with van der Waals surface area (Å²) in [6.07, 6.45) is 1.67. The summed E-state index contributed by atoms with van der Waals surface area (Å²) in [7, 11) is 0. The van der Waals surface area contributed by atoms with Crippen LogP contribution in [0.3, 0.4) is 0 Å². The molecule has 0 fully saturated rings. The average Bonchev–Trinajstić information content (AvgIpc) is 3.28. The molecule has 0 radical (unpaired) electrons. The number of carbonyl (C=O) groups is 1. The number of aromatic hydroxyl groups is 1. The van der Waals surface area contributed by atoms with Gasteiger partial charge in [-0.3, -0.25) is 9.59 Å². The van der Waals surface area contributed by atoms with Gasteiger partial charge in [-0.2, -0.15) is 0 Å². The molecule has 6 nitrogen and oxygen atoms in total. The molecule has 134 valence electrons. The lowest BCUT2D eigenvalue weighted by atomic mass is 10.1. The number of aromatic amines is 1. The van der Waals surface area contributed by atoms with E-state index in [-0.39, 0.29) is 25.0 Å². The third-order valence-corrected chi connectivity index (χ3v) is 5.18. The SMILES string of the molecule is C.O=C(N[C@H]1CCc2ccccc21)c1nc(-c2cccs2)[nH]c(=O)c1O. The summed E-state index contributed by atoms with van der Waals surface area (Å²) < 4.78 is 0. The van der Waals surface area contributed by atoms with E-state index >= 15 is 0 Å². The third-order valence-electron chi connectivity index (χ3n) is 4.30. The number of fused-ring (bicyclic) bond motifs is 1. The van der Waals surface area contributed by atoms with Crippen molar-refractivity contribution in [2.75, 3.05) is 0 Å². The number of hydrogen-bond acceptors (Lipinski definition) is 5. The number of H-pyrrole nitrogens is 1. The van der Waals surface area contributed by atoms with Crippen molar-refractivity contribution in [2.24, 2.45) is 0 Å². The van der Waals surface area contributed by atoms with Gasteiger partial charge in [-0.1, -0.05) is 37.8 Å². The molecule has 1 aliphatic rings. The number of hydrogen-bond donors (Lipinski definition) is 3. The zero-order valence-electron chi connectivity index (χ0n) is 13.2. The van der Waals surface area contributed by atoms with Gasteiger partial charge in [0.15, 0.2) is 11.5 Å². The molecule has 7 heteroatoms. The summed E-state index contributed by atoms with van der Waals surface area (Å²) in [5, 5.41) is 14.7. The molecule has 0 bridgehead atoms. The number of aromatic nitrogens is 2. The second kappa shape index (κ2) is 7.13. The Morgan fingerprint density at radius 2 is 2.08 bits per heavy atom. The molecule has 0 aliphatic heterocycles. The molecule has 1 aliphatic carbocycles. The molecular weight excluding hydrogens is 350 g/mol. The Hall–Kier alpha value is -2.93. The Bertz CT molecular complexity index is 996. The summed E-state index contributed by atoms with van der Waals surface area (Å²) >= 11 is 1.39. The number of nitrogens with one attached hydrogen (secondary N) is 2. The molecule has 4 rings (SSSR count). The number of nitrogens with zero attached hydrogens (tertiary/aromatic N) is 1. The Kier molecular flexibility index (Phi) is 4.90. The van der Waals surface area contributed by atoms with E-state index in [0.29, 0.717) is 0 Å². The van der Waals surface area contributed by atoms with Gasteiger partial charge >= 0.3 is 0 Å². The minimum Gasteiger partial charge on any atom is -0.501 e. The fourth-order valence-corrected chi connectivity index (χ4v) is 3.76. The van der Waals surface area contributed by atoms with Crippen molar-refractivity contribution < 1.29 is 9.90 Å². The standard InChI is InChI=1S/C18H15N3O3S.CH4/c22-15-14(20-16(21-18(15)24)13-6-3-9-25-13)17(23)19-12-8-7-10-4-1-2-5-11(10)12;/h1-6,9,12,22H,7-8H2,(H,19,23)(H,20,21,24);1H4/t12-;/m0./s1. The minimum absolute atomic E-state index is 0. The van der Waals surface area contributed by atoms with Crippen LogP contribution in [0.15, 0.2) is 46.6 Å². The van der Waals surface area contributed by atoms with Crippen LogP contribution < -0.4 is 10.9 Å². The monoisotopic (exact) mass is 369 g/mol. The first-order valence-electron chi connectivity index (χ1n) is 7.89. The molecule has 0 saturated heterocycles. The van der Waals surface area contributed by atoms with Crippen LogP contribution in [0.25, 0.3) is 10.7 Å². The first-order valence-corrected chi connectivity index (χ1v) is 8.77. The largest absolute Gasteiger partial charge is 0.501 e. The number of rotatable bonds is 3. The maximum Gasteiger partial charge on any atom is 0.294 e. The highest BCUT2D eigenvalue weighted by Gasteiger charge is 2.26. The Labute approximate surface area is 154 Å². The Morgan fingerprint density at radius 1 is 1.27 bits per heavy atom. The van der Waals surface area contributed by atoms with Gasteiger partial charge in [0.05, 0.1) is 10.9 Å². The Balaban J connectivity index is 0.00000196. The highest BCUT2D eigenvalue weighted by atomic mass is 32.1. The normalized spacial score (nSPS) is 15.2. The molecule has 2 aromatic heterocycles.